The monoisotopic (exact) mass is 497 g/mol. The number of carboxylic acids is 2. The molecule has 0 saturated carbocycles. The number of carbonyl (C=O) groups is 5. The third kappa shape index (κ3) is 10.5. The lowest BCUT2D eigenvalue weighted by molar-refractivity contribution is -0.143. The van der Waals surface area contributed by atoms with Crippen LogP contribution in [0.3, 0.4) is 0 Å². The predicted molar refractivity (Wildman–Crippen MR) is 124 cm³/mol. The molecule has 1 rings (SSSR count). The third-order valence-electron chi connectivity index (χ3n) is 5.16. The second kappa shape index (κ2) is 14.7. The van der Waals surface area contributed by atoms with E-state index in [0.29, 0.717) is 31.5 Å². The van der Waals surface area contributed by atoms with Crippen LogP contribution in [0, 0.1) is 5.92 Å². The Labute approximate surface area is 202 Å². The molecular weight excluding hydrogens is 462 g/mol. The average molecular weight is 498 g/mol. The first-order valence-corrected chi connectivity index (χ1v) is 11.2. The molecule has 0 fully saturated rings. The molecule has 0 aromatic carbocycles. The summed E-state index contributed by atoms with van der Waals surface area (Å²) in [6, 6.07) is -4.96. The van der Waals surface area contributed by atoms with Gasteiger partial charge in [0, 0.05) is 18.3 Å². The normalized spacial score (nSPS) is 14.4. The number of aromatic nitrogens is 2. The Bertz CT molecular complexity index is 860. The molecule has 0 spiro atoms. The number of hydrogen-bond acceptors (Lipinski definition) is 8. The van der Waals surface area contributed by atoms with E-state index in [-0.39, 0.29) is 6.42 Å². The number of amides is 3. The van der Waals surface area contributed by atoms with E-state index >= 15 is 0 Å². The molecule has 4 unspecified atom stereocenters. The number of carbonyl (C=O) groups excluding carboxylic acids is 3. The lowest BCUT2D eigenvalue weighted by Crippen LogP contribution is -2.58. The standard InChI is InChI=1S/C21H35N7O7/c1-11(2)17(28-18(31)13(23)5-3-4-6-22)20(33)26-14(8-16(29)30)19(32)27-15(21(34)35)7-12-9-24-10-25-12/h9-11,13-15,17H,3-8,22-23H2,1-2H3,(H,24,25)(H,26,33)(H,27,32)(H,28,31)(H,29,30)(H,34,35). The van der Waals surface area contributed by atoms with Gasteiger partial charge in [0.05, 0.1) is 18.8 Å². The van der Waals surface area contributed by atoms with Gasteiger partial charge in [0.1, 0.15) is 18.1 Å². The minimum atomic E-state index is -1.58. The van der Waals surface area contributed by atoms with E-state index in [9.17, 15) is 34.2 Å². The Balaban J connectivity index is 2.90. The van der Waals surface area contributed by atoms with E-state index in [2.05, 4.69) is 25.9 Å². The topological polar surface area (TPSA) is 243 Å². The molecule has 35 heavy (non-hydrogen) atoms. The van der Waals surface area contributed by atoms with Gasteiger partial charge >= 0.3 is 11.9 Å². The maximum Gasteiger partial charge on any atom is 0.326 e. The Kier molecular flexibility index (Phi) is 12.4. The van der Waals surface area contributed by atoms with Crippen molar-refractivity contribution >= 4 is 29.7 Å². The number of aliphatic carboxylic acids is 2. The van der Waals surface area contributed by atoms with Gasteiger partial charge in [-0.2, -0.15) is 0 Å². The molecule has 10 N–H and O–H groups in total. The summed E-state index contributed by atoms with van der Waals surface area (Å²) in [5.74, 6) is -5.54. The number of unbranched alkanes of at least 4 members (excludes halogenated alkanes) is 1. The number of hydrogen-bond donors (Lipinski definition) is 8. The largest absolute Gasteiger partial charge is 0.481 e. The van der Waals surface area contributed by atoms with E-state index in [0.717, 1.165) is 0 Å². The van der Waals surface area contributed by atoms with E-state index in [1.54, 1.807) is 13.8 Å². The summed E-state index contributed by atoms with van der Waals surface area (Å²) in [4.78, 5) is 67.4. The first-order valence-electron chi connectivity index (χ1n) is 11.2. The van der Waals surface area contributed by atoms with Crippen molar-refractivity contribution in [2.75, 3.05) is 6.54 Å². The maximum atomic E-state index is 12.9. The number of nitrogens with two attached hydrogens (primary N) is 2. The second-order valence-corrected chi connectivity index (χ2v) is 8.46. The van der Waals surface area contributed by atoms with Crippen LogP contribution < -0.4 is 27.4 Å². The zero-order valence-electron chi connectivity index (χ0n) is 19.8. The van der Waals surface area contributed by atoms with Crippen molar-refractivity contribution < 1.29 is 34.2 Å². The lowest BCUT2D eigenvalue weighted by Gasteiger charge is -2.26. The summed E-state index contributed by atoms with van der Waals surface area (Å²) in [6.07, 6.45) is 3.48. The fourth-order valence-electron chi connectivity index (χ4n) is 3.17. The summed E-state index contributed by atoms with van der Waals surface area (Å²) in [5, 5.41) is 25.7. The number of carboxylic acid groups (broad SMARTS) is 2. The number of H-pyrrole nitrogens is 1. The van der Waals surface area contributed by atoms with Crippen molar-refractivity contribution in [1.82, 2.24) is 25.9 Å². The predicted octanol–water partition coefficient (Wildman–Crippen LogP) is -1.92. The molecule has 14 nitrogen and oxygen atoms in total. The lowest BCUT2D eigenvalue weighted by atomic mass is 10.0. The molecule has 3 amide bonds. The molecule has 0 bridgehead atoms. The van der Waals surface area contributed by atoms with Gasteiger partial charge in [-0.05, 0) is 25.3 Å². The maximum absolute atomic E-state index is 12.9. The summed E-state index contributed by atoms with van der Waals surface area (Å²) in [6.45, 7) is 3.77. The fourth-order valence-corrected chi connectivity index (χ4v) is 3.17. The second-order valence-electron chi connectivity index (χ2n) is 8.46. The molecular formula is C21H35N7O7. The molecule has 196 valence electrons. The summed E-state index contributed by atoms with van der Waals surface area (Å²) >= 11 is 0. The third-order valence-corrected chi connectivity index (χ3v) is 5.16. The Morgan fingerprint density at radius 3 is 2.17 bits per heavy atom. The highest BCUT2D eigenvalue weighted by molar-refractivity contribution is 5.95. The SMILES string of the molecule is CC(C)C(NC(=O)C(N)CCCCN)C(=O)NC(CC(=O)O)C(=O)NC(Cc1cnc[nH]1)C(=O)O. The molecule has 0 aliphatic rings. The van der Waals surface area contributed by atoms with Crippen LogP contribution in [0.25, 0.3) is 0 Å². The minimum Gasteiger partial charge on any atom is -0.481 e. The number of imidazole rings is 1. The van der Waals surface area contributed by atoms with Crippen LogP contribution in [0.1, 0.15) is 45.2 Å². The Hall–Kier alpha value is -3.52. The van der Waals surface area contributed by atoms with Crippen LogP contribution in [0.2, 0.25) is 0 Å². The highest BCUT2D eigenvalue weighted by Gasteiger charge is 2.32. The van der Waals surface area contributed by atoms with E-state index in [4.69, 9.17) is 11.5 Å². The Morgan fingerprint density at radius 2 is 1.66 bits per heavy atom. The van der Waals surface area contributed by atoms with Crippen LogP contribution in [0.15, 0.2) is 12.5 Å². The number of aromatic amines is 1. The zero-order chi connectivity index (χ0) is 26.5. The van der Waals surface area contributed by atoms with Crippen LogP contribution >= 0.6 is 0 Å². The molecule has 0 aliphatic carbocycles. The quantitative estimate of drug-likeness (QED) is 0.118. The highest BCUT2D eigenvalue weighted by atomic mass is 16.4. The molecule has 1 heterocycles. The van der Waals surface area contributed by atoms with Crippen molar-refractivity contribution in [3.63, 3.8) is 0 Å². The smallest absolute Gasteiger partial charge is 0.326 e. The van der Waals surface area contributed by atoms with Gasteiger partial charge in [-0.15, -0.1) is 0 Å². The van der Waals surface area contributed by atoms with Crippen molar-refractivity contribution in [1.29, 1.82) is 0 Å². The van der Waals surface area contributed by atoms with Crippen LogP contribution in [-0.2, 0) is 30.4 Å². The number of nitrogens with zero attached hydrogens (tertiary/aromatic N) is 1. The van der Waals surface area contributed by atoms with Gasteiger partial charge in [-0.3, -0.25) is 19.2 Å². The highest BCUT2D eigenvalue weighted by Crippen LogP contribution is 2.07. The first-order chi connectivity index (χ1) is 16.5. The molecule has 0 aliphatic heterocycles. The molecule has 1 aromatic heterocycles. The zero-order valence-corrected chi connectivity index (χ0v) is 19.8. The summed E-state index contributed by atoms with van der Waals surface area (Å²) < 4.78 is 0. The van der Waals surface area contributed by atoms with Crippen molar-refractivity contribution in [3.05, 3.63) is 18.2 Å². The van der Waals surface area contributed by atoms with Crippen LogP contribution in [0.4, 0.5) is 0 Å². The summed E-state index contributed by atoms with van der Waals surface area (Å²) in [5.41, 5.74) is 11.7. The molecule has 4 atom stereocenters. The van der Waals surface area contributed by atoms with E-state index < -0.39 is 66.2 Å². The van der Waals surface area contributed by atoms with Gasteiger partial charge in [0.15, 0.2) is 0 Å². The summed E-state index contributed by atoms with van der Waals surface area (Å²) in [7, 11) is 0. The van der Waals surface area contributed by atoms with Gasteiger partial charge in [0.2, 0.25) is 17.7 Å². The van der Waals surface area contributed by atoms with Gasteiger partial charge in [-0.1, -0.05) is 20.3 Å². The van der Waals surface area contributed by atoms with Crippen LogP contribution in [-0.4, -0.2) is 80.6 Å². The minimum absolute atomic E-state index is 0.137. The number of nitrogens with one attached hydrogen (secondary N) is 4. The molecule has 0 saturated heterocycles. The molecule has 14 heteroatoms. The average Bonchev–Trinajstić information content (AvgIpc) is 3.28. The van der Waals surface area contributed by atoms with Crippen molar-refractivity contribution in [2.45, 2.75) is 70.1 Å². The molecule has 1 aromatic rings. The first kappa shape index (κ1) is 29.5. The van der Waals surface area contributed by atoms with Crippen molar-refractivity contribution in [2.24, 2.45) is 17.4 Å². The Morgan fingerprint density at radius 1 is 1.00 bits per heavy atom. The van der Waals surface area contributed by atoms with Gasteiger partial charge in [-0.25, -0.2) is 9.78 Å². The van der Waals surface area contributed by atoms with Crippen molar-refractivity contribution in [3.8, 4) is 0 Å². The van der Waals surface area contributed by atoms with Gasteiger partial charge in [0.25, 0.3) is 0 Å². The fraction of sp³-hybridized carbons (Fsp3) is 0.619. The molecule has 0 radical (unpaired) electrons. The van der Waals surface area contributed by atoms with Gasteiger partial charge < -0.3 is 42.6 Å². The van der Waals surface area contributed by atoms with Crippen LogP contribution in [0.5, 0.6) is 0 Å². The van der Waals surface area contributed by atoms with E-state index in [1.807, 2.05) is 0 Å². The van der Waals surface area contributed by atoms with E-state index in [1.165, 1.54) is 12.5 Å². The number of rotatable bonds is 16.